The van der Waals surface area contributed by atoms with E-state index >= 15 is 0 Å². The van der Waals surface area contributed by atoms with Gasteiger partial charge in [-0.3, -0.25) is 4.79 Å². The van der Waals surface area contributed by atoms with Gasteiger partial charge in [-0.1, -0.05) is 18.2 Å². The average Bonchev–Trinajstić information content (AvgIpc) is 2.49. The third-order valence-corrected chi connectivity index (χ3v) is 3.15. The normalized spacial score (nSPS) is 10.0. The monoisotopic (exact) mass is 293 g/mol. The van der Waals surface area contributed by atoms with Crippen LogP contribution in [0.15, 0.2) is 30.3 Å². The number of anilines is 1. The zero-order valence-corrected chi connectivity index (χ0v) is 12.6. The standard InChI is InChI=1S/C15H23N3O3/c1-17(13-7-4-3-5-8-13)11-6-10-16-15(21)18(2)12-9-14(19)20/h3-5,7-8H,6,9-12H2,1-2H3,(H,16,21)(H,19,20). The summed E-state index contributed by atoms with van der Waals surface area (Å²) in [4.78, 5) is 25.6. The van der Waals surface area contributed by atoms with Crippen molar-refractivity contribution in [2.24, 2.45) is 0 Å². The molecule has 0 aliphatic rings. The largest absolute Gasteiger partial charge is 0.481 e. The van der Waals surface area contributed by atoms with Crippen LogP contribution in [-0.4, -0.2) is 55.7 Å². The van der Waals surface area contributed by atoms with E-state index in [1.807, 2.05) is 37.4 Å². The predicted octanol–water partition coefficient (Wildman–Crippen LogP) is 1.63. The molecule has 0 aliphatic carbocycles. The number of carbonyl (C=O) groups is 2. The Morgan fingerprint density at radius 3 is 2.43 bits per heavy atom. The van der Waals surface area contributed by atoms with Crippen LogP contribution in [0.25, 0.3) is 0 Å². The van der Waals surface area contributed by atoms with Gasteiger partial charge in [-0.15, -0.1) is 0 Å². The molecule has 0 unspecified atom stereocenters. The SMILES string of the molecule is CN(CCC(=O)O)C(=O)NCCCN(C)c1ccccc1. The van der Waals surface area contributed by atoms with E-state index in [9.17, 15) is 9.59 Å². The zero-order valence-electron chi connectivity index (χ0n) is 12.6. The van der Waals surface area contributed by atoms with E-state index in [2.05, 4.69) is 10.2 Å². The summed E-state index contributed by atoms with van der Waals surface area (Å²) in [7, 11) is 3.60. The minimum absolute atomic E-state index is 0.0410. The van der Waals surface area contributed by atoms with Gasteiger partial charge in [0.15, 0.2) is 0 Å². The molecule has 0 saturated carbocycles. The number of nitrogens with zero attached hydrogens (tertiary/aromatic N) is 2. The first-order chi connectivity index (χ1) is 10.0. The van der Waals surface area contributed by atoms with Gasteiger partial charge < -0.3 is 20.2 Å². The number of carboxylic acids is 1. The third kappa shape index (κ3) is 6.65. The molecule has 0 spiro atoms. The van der Waals surface area contributed by atoms with Crippen LogP contribution in [-0.2, 0) is 4.79 Å². The van der Waals surface area contributed by atoms with Crippen molar-refractivity contribution in [1.82, 2.24) is 10.2 Å². The molecule has 21 heavy (non-hydrogen) atoms. The molecule has 0 bridgehead atoms. The van der Waals surface area contributed by atoms with Gasteiger partial charge in [0.2, 0.25) is 0 Å². The Bertz CT molecular complexity index is 451. The lowest BCUT2D eigenvalue weighted by Crippen LogP contribution is -2.39. The molecule has 2 N–H and O–H groups in total. The van der Waals surface area contributed by atoms with Gasteiger partial charge >= 0.3 is 12.0 Å². The molecule has 0 heterocycles. The van der Waals surface area contributed by atoms with Crippen LogP contribution >= 0.6 is 0 Å². The fourth-order valence-corrected chi connectivity index (χ4v) is 1.82. The summed E-state index contributed by atoms with van der Waals surface area (Å²) in [6, 6.07) is 9.80. The fourth-order valence-electron chi connectivity index (χ4n) is 1.82. The van der Waals surface area contributed by atoms with Crippen molar-refractivity contribution in [2.75, 3.05) is 38.6 Å². The summed E-state index contributed by atoms with van der Waals surface area (Å²) in [5.41, 5.74) is 1.14. The lowest BCUT2D eigenvalue weighted by Gasteiger charge is -2.20. The van der Waals surface area contributed by atoms with Gasteiger partial charge in [0.1, 0.15) is 0 Å². The first kappa shape index (κ1) is 16.8. The van der Waals surface area contributed by atoms with Crippen molar-refractivity contribution in [3.8, 4) is 0 Å². The topological polar surface area (TPSA) is 72.9 Å². The molecule has 1 aromatic carbocycles. The Morgan fingerprint density at radius 2 is 1.81 bits per heavy atom. The summed E-state index contributed by atoms with van der Waals surface area (Å²) in [6.45, 7) is 1.61. The minimum Gasteiger partial charge on any atom is -0.481 e. The van der Waals surface area contributed by atoms with Gasteiger partial charge in [0, 0.05) is 39.4 Å². The second-order valence-electron chi connectivity index (χ2n) is 4.91. The van der Waals surface area contributed by atoms with Crippen molar-refractivity contribution < 1.29 is 14.7 Å². The maximum Gasteiger partial charge on any atom is 0.317 e. The first-order valence-electron chi connectivity index (χ1n) is 6.97. The number of rotatable bonds is 8. The number of para-hydroxylation sites is 1. The Balaban J connectivity index is 2.18. The van der Waals surface area contributed by atoms with E-state index in [-0.39, 0.29) is 19.0 Å². The highest BCUT2D eigenvalue weighted by Crippen LogP contribution is 2.10. The fraction of sp³-hybridized carbons (Fsp3) is 0.467. The zero-order chi connectivity index (χ0) is 15.7. The summed E-state index contributed by atoms with van der Waals surface area (Å²) in [5, 5.41) is 11.3. The van der Waals surface area contributed by atoms with Crippen LogP contribution in [0.3, 0.4) is 0 Å². The summed E-state index contributed by atoms with van der Waals surface area (Å²) in [6.07, 6.45) is 0.782. The maximum absolute atomic E-state index is 11.7. The third-order valence-electron chi connectivity index (χ3n) is 3.15. The molecule has 0 aliphatic heterocycles. The molecule has 0 aromatic heterocycles. The Morgan fingerprint density at radius 1 is 1.14 bits per heavy atom. The molecular weight excluding hydrogens is 270 g/mol. The summed E-state index contributed by atoms with van der Waals surface area (Å²) < 4.78 is 0. The maximum atomic E-state index is 11.7. The van der Waals surface area contributed by atoms with Crippen molar-refractivity contribution in [3.63, 3.8) is 0 Å². The molecule has 1 rings (SSSR count). The number of hydrogen-bond donors (Lipinski definition) is 2. The van der Waals surface area contributed by atoms with E-state index in [1.54, 1.807) is 7.05 Å². The van der Waals surface area contributed by atoms with Crippen LogP contribution in [0.5, 0.6) is 0 Å². The number of urea groups is 1. The van der Waals surface area contributed by atoms with E-state index in [0.29, 0.717) is 6.54 Å². The number of aliphatic carboxylic acids is 1. The summed E-state index contributed by atoms with van der Waals surface area (Å²) >= 11 is 0. The first-order valence-corrected chi connectivity index (χ1v) is 6.97. The smallest absolute Gasteiger partial charge is 0.317 e. The lowest BCUT2D eigenvalue weighted by molar-refractivity contribution is -0.137. The Hall–Kier alpha value is -2.24. The minimum atomic E-state index is -0.904. The predicted molar refractivity (Wildman–Crippen MR) is 82.6 cm³/mol. The number of nitrogens with one attached hydrogen (secondary N) is 1. The summed E-state index contributed by atoms with van der Waals surface area (Å²) in [5.74, 6) is -0.904. The van der Waals surface area contributed by atoms with Crippen molar-refractivity contribution in [1.29, 1.82) is 0 Å². The molecular formula is C15H23N3O3. The van der Waals surface area contributed by atoms with Crippen molar-refractivity contribution >= 4 is 17.7 Å². The van der Waals surface area contributed by atoms with Crippen molar-refractivity contribution in [3.05, 3.63) is 30.3 Å². The van der Waals surface area contributed by atoms with E-state index in [0.717, 1.165) is 18.7 Å². The number of amides is 2. The highest BCUT2D eigenvalue weighted by atomic mass is 16.4. The average molecular weight is 293 g/mol. The molecule has 6 nitrogen and oxygen atoms in total. The van der Waals surface area contributed by atoms with Crippen LogP contribution in [0.2, 0.25) is 0 Å². The van der Waals surface area contributed by atoms with Crippen molar-refractivity contribution in [2.45, 2.75) is 12.8 Å². The highest BCUT2D eigenvalue weighted by Gasteiger charge is 2.09. The number of benzene rings is 1. The highest BCUT2D eigenvalue weighted by molar-refractivity contribution is 5.74. The molecule has 0 radical (unpaired) electrons. The molecule has 0 saturated heterocycles. The number of carboxylic acid groups (broad SMARTS) is 1. The number of hydrogen-bond acceptors (Lipinski definition) is 3. The molecule has 0 fully saturated rings. The van der Waals surface area contributed by atoms with Gasteiger partial charge in [0.05, 0.1) is 6.42 Å². The second-order valence-corrected chi connectivity index (χ2v) is 4.91. The van der Waals surface area contributed by atoms with Gasteiger partial charge in [-0.25, -0.2) is 4.79 Å². The lowest BCUT2D eigenvalue weighted by atomic mass is 10.3. The second kappa shape index (κ2) is 8.84. The Labute approximate surface area is 125 Å². The van der Waals surface area contributed by atoms with Crippen LogP contribution < -0.4 is 10.2 Å². The van der Waals surface area contributed by atoms with E-state index < -0.39 is 5.97 Å². The quantitative estimate of drug-likeness (QED) is 0.715. The van der Waals surface area contributed by atoms with Gasteiger partial charge in [0.25, 0.3) is 0 Å². The Kier molecular flexibility index (Phi) is 7.08. The molecule has 1 aromatic rings. The van der Waals surface area contributed by atoms with Crippen LogP contribution in [0, 0.1) is 0 Å². The number of carbonyl (C=O) groups excluding carboxylic acids is 1. The molecule has 6 heteroatoms. The molecule has 0 atom stereocenters. The van der Waals surface area contributed by atoms with Crippen LogP contribution in [0.1, 0.15) is 12.8 Å². The van der Waals surface area contributed by atoms with E-state index in [1.165, 1.54) is 4.90 Å². The van der Waals surface area contributed by atoms with Crippen LogP contribution in [0.4, 0.5) is 10.5 Å². The molecule has 2 amide bonds. The molecule has 116 valence electrons. The van der Waals surface area contributed by atoms with Gasteiger partial charge in [-0.05, 0) is 18.6 Å². The van der Waals surface area contributed by atoms with Gasteiger partial charge in [-0.2, -0.15) is 0 Å². The van der Waals surface area contributed by atoms with E-state index in [4.69, 9.17) is 5.11 Å².